The van der Waals surface area contributed by atoms with E-state index in [-0.39, 0.29) is 21.8 Å². The number of fused-ring (bicyclic) bond motifs is 1. The fourth-order valence-electron chi connectivity index (χ4n) is 2.88. The number of ketones is 1. The van der Waals surface area contributed by atoms with Crippen LogP contribution in [0.4, 0.5) is 0 Å². The molecule has 0 saturated carbocycles. The fourth-order valence-corrected chi connectivity index (χ4v) is 5.49. The maximum Gasteiger partial charge on any atom is 0.187 e. The Morgan fingerprint density at radius 2 is 1.88 bits per heavy atom. The molecule has 0 saturated heterocycles. The summed E-state index contributed by atoms with van der Waals surface area (Å²) in [5.41, 5.74) is 1.23. The summed E-state index contributed by atoms with van der Waals surface area (Å²) in [4.78, 5) is 21.1. The molecule has 0 atom stereocenters. The molecule has 1 aromatic carbocycles. The summed E-state index contributed by atoms with van der Waals surface area (Å²) in [7, 11) is -3.38. The lowest BCUT2D eigenvalue weighted by molar-refractivity contribution is 0.0909. The van der Waals surface area contributed by atoms with Crippen molar-refractivity contribution < 1.29 is 13.2 Å². The number of carbonyl (C=O) groups excluding carboxylic acids is 1. The first-order chi connectivity index (χ1) is 12.2. The second kappa shape index (κ2) is 7.29. The van der Waals surface area contributed by atoms with Gasteiger partial charge in [0.15, 0.2) is 20.8 Å². The number of sulfone groups is 1. The van der Waals surface area contributed by atoms with Crippen LogP contribution >= 0.6 is 23.4 Å². The Morgan fingerprint density at radius 3 is 2.58 bits per heavy atom. The van der Waals surface area contributed by atoms with E-state index in [2.05, 4.69) is 9.97 Å². The monoisotopic (exact) mass is 410 g/mol. The molecule has 0 bridgehead atoms. The van der Waals surface area contributed by atoms with E-state index in [4.69, 9.17) is 11.6 Å². The minimum atomic E-state index is -3.38. The number of carbonyl (C=O) groups is 1. The molecule has 26 heavy (non-hydrogen) atoms. The number of nitrogens with zero attached hydrogens (tertiary/aromatic N) is 2. The highest BCUT2D eigenvalue weighted by Gasteiger charge is 2.32. The Hall–Kier alpha value is -1.44. The van der Waals surface area contributed by atoms with Crippen molar-refractivity contribution in [2.75, 3.05) is 11.5 Å². The Kier molecular flexibility index (Phi) is 5.42. The number of thioether (sulfide) groups is 1. The van der Waals surface area contributed by atoms with Crippen molar-refractivity contribution in [2.24, 2.45) is 5.41 Å². The quantitative estimate of drug-likeness (QED) is 0.550. The van der Waals surface area contributed by atoms with Crippen molar-refractivity contribution in [2.45, 2.75) is 36.7 Å². The summed E-state index contributed by atoms with van der Waals surface area (Å²) in [5, 5.41) is 0.999. The van der Waals surface area contributed by atoms with E-state index < -0.39 is 9.84 Å². The molecule has 5 nitrogen and oxygen atoms in total. The lowest BCUT2D eigenvalue weighted by Gasteiger charge is -2.29. The first-order valence-electron chi connectivity index (χ1n) is 8.17. The topological polar surface area (TPSA) is 77.0 Å². The van der Waals surface area contributed by atoms with Gasteiger partial charge in [-0.2, -0.15) is 0 Å². The summed E-state index contributed by atoms with van der Waals surface area (Å²) in [5.74, 6) is 0.378. The number of Topliss-reactive ketones (excluding diaryl/α,β-unsaturated/α-hetero) is 1. The van der Waals surface area contributed by atoms with Crippen molar-refractivity contribution in [1.29, 1.82) is 0 Å². The molecule has 138 valence electrons. The van der Waals surface area contributed by atoms with Gasteiger partial charge in [0.2, 0.25) is 0 Å². The molecule has 1 heterocycles. The molecule has 0 fully saturated rings. The molecule has 8 heteroatoms. The number of rotatable bonds is 5. The first kappa shape index (κ1) is 19.3. The molecular formula is C18H19ClN2O3S2. The zero-order valence-electron chi connectivity index (χ0n) is 14.5. The average Bonchev–Trinajstić information content (AvgIpc) is 2.53. The van der Waals surface area contributed by atoms with E-state index in [9.17, 15) is 13.2 Å². The van der Waals surface area contributed by atoms with E-state index in [1.54, 1.807) is 18.3 Å². The van der Waals surface area contributed by atoms with Crippen molar-refractivity contribution in [1.82, 2.24) is 9.97 Å². The molecule has 1 aliphatic rings. The van der Waals surface area contributed by atoms with Crippen LogP contribution in [0.5, 0.6) is 0 Å². The van der Waals surface area contributed by atoms with Crippen LogP contribution in [0.3, 0.4) is 0 Å². The molecule has 1 aliphatic carbocycles. The van der Waals surface area contributed by atoms with Gasteiger partial charge in [0.05, 0.1) is 21.9 Å². The SMILES string of the molecule is CC1(C)CC(=O)c2cnc(SCCS(=O)(=O)c3ccc(Cl)cc3)nc2C1. The number of benzene rings is 1. The van der Waals surface area contributed by atoms with Gasteiger partial charge in [-0.25, -0.2) is 18.4 Å². The first-order valence-corrected chi connectivity index (χ1v) is 11.2. The summed E-state index contributed by atoms with van der Waals surface area (Å²) < 4.78 is 24.7. The molecule has 0 N–H and O–H groups in total. The fraction of sp³-hybridized carbons (Fsp3) is 0.389. The van der Waals surface area contributed by atoms with Gasteiger partial charge in [-0.1, -0.05) is 37.2 Å². The maximum atomic E-state index is 12.4. The number of hydrogen-bond acceptors (Lipinski definition) is 6. The second-order valence-electron chi connectivity index (χ2n) is 7.08. The Labute approximate surface area is 162 Å². The van der Waals surface area contributed by atoms with Crippen LogP contribution in [0.25, 0.3) is 0 Å². The van der Waals surface area contributed by atoms with Gasteiger partial charge in [0, 0.05) is 23.4 Å². The van der Waals surface area contributed by atoms with Crippen molar-refractivity contribution in [3.8, 4) is 0 Å². The highest BCUT2D eigenvalue weighted by Crippen LogP contribution is 2.34. The smallest absolute Gasteiger partial charge is 0.187 e. The van der Waals surface area contributed by atoms with Gasteiger partial charge in [-0.15, -0.1) is 0 Å². The second-order valence-corrected chi connectivity index (χ2v) is 10.7. The molecule has 0 radical (unpaired) electrons. The van der Waals surface area contributed by atoms with E-state index >= 15 is 0 Å². The summed E-state index contributed by atoms with van der Waals surface area (Å²) in [6, 6.07) is 6.14. The zero-order valence-corrected chi connectivity index (χ0v) is 16.9. The third kappa shape index (κ3) is 4.45. The largest absolute Gasteiger partial charge is 0.294 e. The number of hydrogen-bond donors (Lipinski definition) is 0. The number of aromatic nitrogens is 2. The molecule has 0 spiro atoms. The highest BCUT2D eigenvalue weighted by atomic mass is 35.5. The predicted octanol–water partition coefficient (Wildman–Crippen LogP) is 3.85. The zero-order chi connectivity index (χ0) is 18.9. The van der Waals surface area contributed by atoms with Gasteiger partial charge >= 0.3 is 0 Å². The summed E-state index contributed by atoms with van der Waals surface area (Å²) >= 11 is 7.08. The van der Waals surface area contributed by atoms with Gasteiger partial charge in [0.1, 0.15) is 0 Å². The highest BCUT2D eigenvalue weighted by molar-refractivity contribution is 8.00. The molecular weight excluding hydrogens is 392 g/mol. The third-order valence-electron chi connectivity index (χ3n) is 4.19. The van der Waals surface area contributed by atoms with E-state index in [1.165, 1.54) is 23.9 Å². The molecule has 3 rings (SSSR count). The number of halogens is 1. The van der Waals surface area contributed by atoms with Gasteiger partial charge in [0.25, 0.3) is 0 Å². The van der Waals surface area contributed by atoms with Crippen LogP contribution in [-0.4, -0.2) is 35.7 Å². The Morgan fingerprint density at radius 1 is 1.19 bits per heavy atom. The summed E-state index contributed by atoms with van der Waals surface area (Å²) in [6.07, 6.45) is 2.78. The lowest BCUT2D eigenvalue weighted by atomic mass is 9.76. The van der Waals surface area contributed by atoms with E-state index in [0.717, 1.165) is 5.69 Å². The molecule has 0 unspecified atom stereocenters. The van der Waals surface area contributed by atoms with Gasteiger partial charge in [-0.3, -0.25) is 4.79 Å². The minimum absolute atomic E-state index is 0.0236. The average molecular weight is 411 g/mol. The van der Waals surface area contributed by atoms with Gasteiger partial charge < -0.3 is 0 Å². The predicted molar refractivity (Wildman–Crippen MR) is 103 cm³/mol. The summed E-state index contributed by atoms with van der Waals surface area (Å²) in [6.45, 7) is 4.09. The van der Waals surface area contributed by atoms with Crippen molar-refractivity contribution in [3.05, 3.63) is 46.7 Å². The minimum Gasteiger partial charge on any atom is -0.294 e. The third-order valence-corrected chi connectivity index (χ3v) is 7.29. The Bertz CT molecular complexity index is 941. The van der Waals surface area contributed by atoms with Crippen LogP contribution in [0, 0.1) is 5.41 Å². The molecule has 0 aliphatic heterocycles. The lowest BCUT2D eigenvalue weighted by Crippen LogP contribution is -2.28. The van der Waals surface area contributed by atoms with E-state index in [1.807, 2.05) is 13.8 Å². The molecule has 1 aromatic heterocycles. The molecule has 0 amide bonds. The van der Waals surface area contributed by atoms with Crippen molar-refractivity contribution in [3.63, 3.8) is 0 Å². The van der Waals surface area contributed by atoms with Crippen LogP contribution in [0.2, 0.25) is 5.02 Å². The Balaban J connectivity index is 1.67. The van der Waals surface area contributed by atoms with Crippen LogP contribution in [0.1, 0.15) is 36.3 Å². The molecule has 2 aromatic rings. The normalized spacial score (nSPS) is 16.3. The van der Waals surface area contributed by atoms with Gasteiger partial charge in [-0.05, 0) is 36.1 Å². The van der Waals surface area contributed by atoms with Crippen molar-refractivity contribution >= 4 is 39.0 Å². The van der Waals surface area contributed by atoms with Crippen LogP contribution < -0.4 is 0 Å². The van der Waals surface area contributed by atoms with Crippen LogP contribution in [-0.2, 0) is 16.3 Å². The van der Waals surface area contributed by atoms with E-state index in [0.29, 0.717) is 34.3 Å². The standard InChI is InChI=1S/C18H19ClN2O3S2/c1-18(2)9-15-14(16(22)10-18)11-20-17(21-15)25-7-8-26(23,24)13-5-3-12(19)4-6-13/h3-6,11H,7-10H2,1-2H3. The maximum absolute atomic E-state index is 12.4. The van der Waals surface area contributed by atoms with Crippen LogP contribution in [0.15, 0.2) is 40.5 Å².